The molecule has 0 radical (unpaired) electrons. The van der Waals surface area contributed by atoms with Crippen molar-refractivity contribution >= 4 is 0 Å². The maximum absolute atomic E-state index is 13.3. The van der Waals surface area contributed by atoms with Gasteiger partial charge in [0.1, 0.15) is 6.10 Å². The van der Waals surface area contributed by atoms with E-state index >= 15 is 0 Å². The van der Waals surface area contributed by atoms with E-state index in [4.69, 9.17) is 0 Å². The molecule has 0 saturated carbocycles. The molecule has 0 aliphatic rings. The second kappa shape index (κ2) is 4.34. The van der Waals surface area contributed by atoms with E-state index in [2.05, 4.69) is 6.58 Å². The standard InChI is InChI=1S/C13H16F2O/c1-5-13(14,15)12(16)11-9(3)6-8(2)7-10(11)4/h5-7,12,16H,1H2,2-4H3. The van der Waals surface area contributed by atoms with Gasteiger partial charge >= 0.3 is 0 Å². The molecule has 1 N–H and O–H groups in total. The third-order valence-corrected chi connectivity index (χ3v) is 2.65. The third kappa shape index (κ3) is 2.30. The molecule has 0 heterocycles. The first-order valence-corrected chi connectivity index (χ1v) is 5.07. The number of rotatable bonds is 3. The minimum absolute atomic E-state index is 0.288. The highest BCUT2D eigenvalue weighted by Gasteiger charge is 2.37. The SMILES string of the molecule is C=CC(F)(F)C(O)c1c(C)cc(C)cc1C. The topological polar surface area (TPSA) is 20.2 Å². The summed E-state index contributed by atoms with van der Waals surface area (Å²) < 4.78 is 26.6. The van der Waals surface area contributed by atoms with Crippen LogP contribution in [-0.4, -0.2) is 11.0 Å². The van der Waals surface area contributed by atoms with Crippen molar-refractivity contribution in [2.75, 3.05) is 0 Å². The molecular weight excluding hydrogens is 210 g/mol. The molecule has 0 aliphatic heterocycles. The molecule has 1 atom stereocenters. The Labute approximate surface area is 94.4 Å². The van der Waals surface area contributed by atoms with Crippen molar-refractivity contribution in [2.24, 2.45) is 0 Å². The molecule has 1 unspecified atom stereocenters. The van der Waals surface area contributed by atoms with Crippen LogP contribution in [0.25, 0.3) is 0 Å². The van der Waals surface area contributed by atoms with Crippen LogP contribution in [0.2, 0.25) is 0 Å². The average Bonchev–Trinajstić information content (AvgIpc) is 2.15. The lowest BCUT2D eigenvalue weighted by atomic mass is 9.92. The Kier molecular flexibility index (Phi) is 3.48. The van der Waals surface area contributed by atoms with E-state index in [1.54, 1.807) is 26.0 Å². The fourth-order valence-electron chi connectivity index (χ4n) is 1.93. The maximum atomic E-state index is 13.3. The Balaban J connectivity index is 3.29. The summed E-state index contributed by atoms with van der Waals surface area (Å²) in [5.74, 6) is -3.30. The van der Waals surface area contributed by atoms with E-state index < -0.39 is 12.0 Å². The number of halogens is 2. The molecule has 88 valence electrons. The molecule has 3 heteroatoms. The number of aliphatic hydroxyl groups excluding tert-OH is 1. The van der Waals surface area contributed by atoms with Gasteiger partial charge in [0.2, 0.25) is 0 Å². The molecular formula is C13H16F2O. The molecule has 0 aromatic heterocycles. The molecule has 1 nitrogen and oxygen atoms in total. The minimum Gasteiger partial charge on any atom is -0.382 e. The summed E-state index contributed by atoms with van der Waals surface area (Å²) in [5, 5.41) is 9.68. The van der Waals surface area contributed by atoms with Crippen molar-refractivity contribution in [1.82, 2.24) is 0 Å². The lowest BCUT2D eigenvalue weighted by Gasteiger charge is -2.23. The van der Waals surface area contributed by atoms with Crippen LogP contribution in [0.15, 0.2) is 24.8 Å². The van der Waals surface area contributed by atoms with Gasteiger partial charge in [-0.1, -0.05) is 24.3 Å². The van der Waals surface area contributed by atoms with E-state index in [1.165, 1.54) is 0 Å². The summed E-state index contributed by atoms with van der Waals surface area (Å²) >= 11 is 0. The van der Waals surface area contributed by atoms with Crippen molar-refractivity contribution < 1.29 is 13.9 Å². The highest BCUT2D eigenvalue weighted by Crippen LogP contribution is 2.35. The molecule has 1 aromatic rings. The first-order chi connectivity index (χ1) is 7.29. The van der Waals surface area contributed by atoms with Crippen LogP contribution in [0.1, 0.15) is 28.4 Å². The number of hydrogen-bond donors (Lipinski definition) is 1. The van der Waals surface area contributed by atoms with Gasteiger partial charge in [-0.25, -0.2) is 0 Å². The fourth-order valence-corrected chi connectivity index (χ4v) is 1.93. The summed E-state index contributed by atoms with van der Waals surface area (Å²) in [5.41, 5.74) is 2.63. The fraction of sp³-hybridized carbons (Fsp3) is 0.385. The van der Waals surface area contributed by atoms with Crippen LogP contribution in [0.4, 0.5) is 8.78 Å². The second-order valence-corrected chi connectivity index (χ2v) is 4.09. The molecule has 0 saturated heterocycles. The molecule has 0 bridgehead atoms. The van der Waals surface area contributed by atoms with E-state index in [1.807, 2.05) is 6.92 Å². The van der Waals surface area contributed by atoms with Gasteiger partial charge in [-0.2, -0.15) is 8.78 Å². The van der Waals surface area contributed by atoms with Crippen molar-refractivity contribution in [1.29, 1.82) is 0 Å². The normalized spacial score (nSPS) is 13.6. The highest BCUT2D eigenvalue weighted by molar-refractivity contribution is 5.40. The van der Waals surface area contributed by atoms with Crippen molar-refractivity contribution in [2.45, 2.75) is 32.8 Å². The predicted octanol–water partition coefficient (Wildman–Crippen LogP) is 3.47. The van der Waals surface area contributed by atoms with Crippen molar-refractivity contribution in [3.8, 4) is 0 Å². The Hall–Kier alpha value is -1.22. The van der Waals surface area contributed by atoms with Crippen LogP contribution >= 0.6 is 0 Å². The zero-order valence-electron chi connectivity index (χ0n) is 9.72. The average molecular weight is 226 g/mol. The van der Waals surface area contributed by atoms with Gasteiger partial charge in [-0.05, 0) is 43.5 Å². The summed E-state index contributed by atoms with van der Waals surface area (Å²) in [4.78, 5) is 0. The van der Waals surface area contributed by atoms with Crippen molar-refractivity contribution in [3.05, 3.63) is 47.0 Å². The molecule has 16 heavy (non-hydrogen) atoms. The molecule has 0 aliphatic carbocycles. The van der Waals surface area contributed by atoms with E-state index in [0.717, 1.165) is 5.56 Å². The Morgan fingerprint density at radius 1 is 1.25 bits per heavy atom. The van der Waals surface area contributed by atoms with Crippen LogP contribution in [0.3, 0.4) is 0 Å². The summed E-state index contributed by atoms with van der Waals surface area (Å²) in [6.07, 6.45) is -1.35. The van der Waals surface area contributed by atoms with Gasteiger partial charge in [0.25, 0.3) is 5.92 Å². The van der Waals surface area contributed by atoms with Gasteiger partial charge < -0.3 is 5.11 Å². The van der Waals surface area contributed by atoms with E-state index in [0.29, 0.717) is 17.2 Å². The zero-order valence-corrected chi connectivity index (χ0v) is 9.72. The zero-order chi connectivity index (χ0) is 12.5. The largest absolute Gasteiger partial charge is 0.382 e. The lowest BCUT2D eigenvalue weighted by Crippen LogP contribution is -2.24. The van der Waals surface area contributed by atoms with Crippen LogP contribution in [0, 0.1) is 20.8 Å². The second-order valence-electron chi connectivity index (χ2n) is 4.09. The smallest absolute Gasteiger partial charge is 0.295 e. The summed E-state index contributed by atoms with van der Waals surface area (Å²) in [6.45, 7) is 8.38. The number of benzene rings is 1. The first-order valence-electron chi connectivity index (χ1n) is 5.07. The molecule has 0 fully saturated rings. The first kappa shape index (κ1) is 12.8. The number of alkyl halides is 2. The summed E-state index contributed by atoms with van der Waals surface area (Å²) in [6, 6.07) is 3.56. The Morgan fingerprint density at radius 3 is 2.06 bits per heavy atom. The summed E-state index contributed by atoms with van der Waals surface area (Å²) in [7, 11) is 0. The Bertz CT molecular complexity index is 387. The molecule has 0 amide bonds. The quantitative estimate of drug-likeness (QED) is 0.782. The maximum Gasteiger partial charge on any atom is 0.295 e. The van der Waals surface area contributed by atoms with E-state index in [-0.39, 0.29) is 5.56 Å². The van der Waals surface area contributed by atoms with Gasteiger partial charge in [-0.15, -0.1) is 0 Å². The van der Waals surface area contributed by atoms with Gasteiger partial charge in [0, 0.05) is 0 Å². The predicted molar refractivity (Wildman–Crippen MR) is 60.8 cm³/mol. The van der Waals surface area contributed by atoms with Gasteiger partial charge in [0.05, 0.1) is 0 Å². The molecule has 1 rings (SSSR count). The Morgan fingerprint density at radius 2 is 1.69 bits per heavy atom. The van der Waals surface area contributed by atoms with Crippen LogP contribution < -0.4 is 0 Å². The van der Waals surface area contributed by atoms with Gasteiger partial charge in [0.15, 0.2) is 0 Å². The number of aliphatic hydroxyl groups is 1. The number of aryl methyl sites for hydroxylation is 3. The van der Waals surface area contributed by atoms with Crippen LogP contribution in [-0.2, 0) is 0 Å². The van der Waals surface area contributed by atoms with Crippen LogP contribution in [0.5, 0.6) is 0 Å². The third-order valence-electron chi connectivity index (χ3n) is 2.65. The van der Waals surface area contributed by atoms with E-state index in [9.17, 15) is 13.9 Å². The monoisotopic (exact) mass is 226 g/mol. The van der Waals surface area contributed by atoms with Crippen molar-refractivity contribution in [3.63, 3.8) is 0 Å². The molecule has 0 spiro atoms. The molecule has 1 aromatic carbocycles. The minimum atomic E-state index is -3.30. The highest BCUT2D eigenvalue weighted by atomic mass is 19.3. The lowest BCUT2D eigenvalue weighted by molar-refractivity contribution is -0.0718. The van der Waals surface area contributed by atoms with Gasteiger partial charge in [-0.3, -0.25) is 0 Å². The number of hydrogen-bond acceptors (Lipinski definition) is 1.